The van der Waals surface area contributed by atoms with Crippen molar-refractivity contribution in [2.75, 3.05) is 6.54 Å². The summed E-state index contributed by atoms with van der Waals surface area (Å²) >= 11 is 5.29. The Balaban J connectivity index is 2.48. The van der Waals surface area contributed by atoms with Crippen molar-refractivity contribution in [3.05, 3.63) is 23.5 Å². The number of halogens is 1. The van der Waals surface area contributed by atoms with Crippen LogP contribution in [0.1, 0.15) is 20.8 Å². The number of aromatic nitrogens is 1. The summed E-state index contributed by atoms with van der Waals surface area (Å²) in [5, 5.41) is 2.14. The van der Waals surface area contributed by atoms with Crippen molar-refractivity contribution >= 4 is 22.8 Å². The molecule has 13 heavy (non-hydrogen) atoms. The topological polar surface area (TPSA) is 51.1 Å². The lowest BCUT2D eigenvalue weighted by Crippen LogP contribution is -2.34. The van der Waals surface area contributed by atoms with Crippen LogP contribution in [0.4, 0.5) is 0 Å². The van der Waals surface area contributed by atoms with Crippen LogP contribution < -0.4 is 5.32 Å². The monoisotopic (exact) mass is 198 g/mol. The first-order valence-corrected chi connectivity index (χ1v) is 4.24. The van der Waals surface area contributed by atoms with Gasteiger partial charge < -0.3 is 9.88 Å². The van der Waals surface area contributed by atoms with Gasteiger partial charge in [-0.2, -0.15) is 0 Å². The number of hydrogen-bond donors (Lipinski definition) is 1. The van der Waals surface area contributed by atoms with Gasteiger partial charge in [-0.15, -0.1) is 0 Å². The number of hydrogen-bond acceptors (Lipinski definition) is 2. The third-order valence-corrected chi connectivity index (χ3v) is 2.21. The second kappa shape index (κ2) is 2.88. The highest BCUT2D eigenvalue weighted by Crippen LogP contribution is 2.13. The molecular weight excluding hydrogens is 192 g/mol. The highest BCUT2D eigenvalue weighted by atomic mass is 35.5. The van der Waals surface area contributed by atoms with Crippen molar-refractivity contribution < 1.29 is 9.59 Å². The molecular formula is C8H7ClN2O2. The molecule has 0 saturated heterocycles. The number of rotatable bonds is 1. The third kappa shape index (κ3) is 1.33. The van der Waals surface area contributed by atoms with Gasteiger partial charge in [0.25, 0.3) is 11.1 Å². The zero-order chi connectivity index (χ0) is 9.42. The van der Waals surface area contributed by atoms with Crippen LogP contribution in [0.5, 0.6) is 0 Å². The summed E-state index contributed by atoms with van der Waals surface area (Å²) in [6, 6.07) is 1.50. The largest absolute Gasteiger partial charge is 0.349 e. The SMILES string of the molecule is O=C(Cl)c1cc2n(c1)CCNC2=O. The fourth-order valence-electron chi connectivity index (χ4n) is 1.37. The second-order valence-electron chi connectivity index (χ2n) is 2.84. The van der Waals surface area contributed by atoms with Crippen molar-refractivity contribution in [3.63, 3.8) is 0 Å². The third-order valence-electron chi connectivity index (χ3n) is 1.99. The van der Waals surface area contributed by atoms with E-state index in [1.165, 1.54) is 6.07 Å². The smallest absolute Gasteiger partial charge is 0.267 e. The molecule has 1 aliphatic rings. The van der Waals surface area contributed by atoms with Crippen molar-refractivity contribution in [3.8, 4) is 0 Å². The molecule has 1 aromatic heterocycles. The molecule has 0 atom stereocenters. The Morgan fingerprint density at radius 2 is 2.38 bits per heavy atom. The molecule has 1 aromatic rings. The maximum absolute atomic E-state index is 11.2. The molecule has 5 heteroatoms. The summed E-state index contributed by atoms with van der Waals surface area (Å²) in [6.07, 6.45) is 1.60. The molecule has 0 radical (unpaired) electrons. The summed E-state index contributed by atoms with van der Waals surface area (Å²) in [4.78, 5) is 22.0. The highest BCUT2D eigenvalue weighted by Gasteiger charge is 2.19. The molecule has 0 aromatic carbocycles. The lowest BCUT2D eigenvalue weighted by atomic mass is 10.3. The fourth-order valence-corrected chi connectivity index (χ4v) is 1.48. The van der Waals surface area contributed by atoms with Gasteiger partial charge in [0.05, 0.1) is 5.56 Å². The molecule has 2 heterocycles. The van der Waals surface area contributed by atoms with Crippen molar-refractivity contribution in [2.24, 2.45) is 0 Å². The Hall–Kier alpha value is -1.29. The zero-order valence-electron chi connectivity index (χ0n) is 6.71. The molecule has 0 spiro atoms. The van der Waals surface area contributed by atoms with Gasteiger partial charge in [-0.1, -0.05) is 0 Å². The van der Waals surface area contributed by atoms with Crippen molar-refractivity contribution in [2.45, 2.75) is 6.54 Å². The highest BCUT2D eigenvalue weighted by molar-refractivity contribution is 6.67. The minimum absolute atomic E-state index is 0.157. The molecule has 4 nitrogen and oxygen atoms in total. The molecule has 0 aliphatic carbocycles. The number of carbonyl (C=O) groups excluding carboxylic acids is 2. The average molecular weight is 199 g/mol. The Labute approximate surface area is 79.5 Å². The first kappa shape index (κ1) is 8.31. The predicted octanol–water partition coefficient (Wildman–Crippen LogP) is 0.611. The van der Waals surface area contributed by atoms with E-state index in [9.17, 15) is 9.59 Å². The zero-order valence-corrected chi connectivity index (χ0v) is 7.47. The first-order valence-electron chi connectivity index (χ1n) is 3.86. The van der Waals surface area contributed by atoms with Gasteiger partial charge in [0.15, 0.2) is 0 Å². The van der Waals surface area contributed by atoms with E-state index in [2.05, 4.69) is 5.32 Å². The number of amides is 1. The van der Waals surface area contributed by atoms with Gasteiger partial charge in [0.2, 0.25) is 0 Å². The lowest BCUT2D eigenvalue weighted by Gasteiger charge is -2.14. The molecule has 68 valence electrons. The molecule has 0 fully saturated rings. The molecule has 2 rings (SSSR count). The fraction of sp³-hybridized carbons (Fsp3) is 0.250. The minimum Gasteiger partial charge on any atom is -0.349 e. The van der Waals surface area contributed by atoms with Crippen LogP contribution in [0.25, 0.3) is 0 Å². The summed E-state index contributed by atoms with van der Waals surface area (Å²) in [5.41, 5.74) is 0.865. The number of carbonyl (C=O) groups is 2. The van der Waals surface area contributed by atoms with Gasteiger partial charge in [-0.05, 0) is 17.7 Å². The lowest BCUT2D eigenvalue weighted by molar-refractivity contribution is 0.0928. The van der Waals surface area contributed by atoms with Gasteiger partial charge in [0.1, 0.15) is 5.69 Å². The van der Waals surface area contributed by atoms with Gasteiger partial charge in [-0.3, -0.25) is 9.59 Å². The Morgan fingerprint density at radius 3 is 3.00 bits per heavy atom. The maximum atomic E-state index is 11.2. The summed E-state index contributed by atoms with van der Waals surface area (Å²) in [5.74, 6) is -0.157. The number of nitrogens with zero attached hydrogens (tertiary/aromatic N) is 1. The van der Waals surface area contributed by atoms with Crippen molar-refractivity contribution in [1.82, 2.24) is 9.88 Å². The standard InChI is InChI=1S/C8H7ClN2O2/c9-7(12)5-3-6-8(13)10-1-2-11(6)4-5/h3-4H,1-2H2,(H,10,13). The van der Waals surface area contributed by atoms with E-state index in [1.807, 2.05) is 0 Å². The van der Waals surface area contributed by atoms with Gasteiger partial charge in [-0.25, -0.2) is 0 Å². The Bertz CT molecular complexity index is 383. The molecule has 0 saturated carbocycles. The molecule has 0 bridgehead atoms. The van der Waals surface area contributed by atoms with E-state index in [1.54, 1.807) is 10.8 Å². The van der Waals surface area contributed by atoms with E-state index in [0.29, 0.717) is 24.3 Å². The van der Waals surface area contributed by atoms with Gasteiger partial charge in [0, 0.05) is 19.3 Å². The number of fused-ring (bicyclic) bond motifs is 1. The van der Waals surface area contributed by atoms with E-state index < -0.39 is 5.24 Å². The normalized spacial score (nSPS) is 15.0. The minimum atomic E-state index is -0.533. The molecule has 0 unspecified atom stereocenters. The van der Waals surface area contributed by atoms with E-state index in [-0.39, 0.29) is 5.91 Å². The van der Waals surface area contributed by atoms with Crippen LogP contribution in [0, 0.1) is 0 Å². The molecule has 1 aliphatic heterocycles. The number of nitrogens with one attached hydrogen (secondary N) is 1. The van der Waals surface area contributed by atoms with E-state index in [0.717, 1.165) is 0 Å². The Kier molecular flexibility index (Phi) is 1.84. The second-order valence-corrected chi connectivity index (χ2v) is 3.18. The first-order chi connectivity index (χ1) is 6.18. The summed E-state index contributed by atoms with van der Waals surface area (Å²) < 4.78 is 1.73. The summed E-state index contributed by atoms with van der Waals surface area (Å²) in [7, 11) is 0. The van der Waals surface area contributed by atoms with Crippen LogP contribution in [-0.2, 0) is 6.54 Å². The average Bonchev–Trinajstić information content (AvgIpc) is 2.49. The quantitative estimate of drug-likeness (QED) is 0.673. The van der Waals surface area contributed by atoms with Gasteiger partial charge >= 0.3 is 0 Å². The summed E-state index contributed by atoms with van der Waals surface area (Å²) in [6.45, 7) is 1.28. The van der Waals surface area contributed by atoms with Crippen LogP contribution in [0.15, 0.2) is 12.3 Å². The molecule has 1 N–H and O–H groups in total. The van der Waals surface area contributed by atoms with Crippen LogP contribution in [0.3, 0.4) is 0 Å². The van der Waals surface area contributed by atoms with Crippen LogP contribution >= 0.6 is 11.6 Å². The van der Waals surface area contributed by atoms with Crippen molar-refractivity contribution in [1.29, 1.82) is 0 Å². The Morgan fingerprint density at radius 1 is 1.62 bits per heavy atom. The van der Waals surface area contributed by atoms with Crippen LogP contribution in [0.2, 0.25) is 0 Å². The maximum Gasteiger partial charge on any atom is 0.267 e. The molecule has 1 amide bonds. The van der Waals surface area contributed by atoms with E-state index in [4.69, 9.17) is 11.6 Å². The van der Waals surface area contributed by atoms with Crippen LogP contribution in [-0.4, -0.2) is 22.3 Å². The predicted molar refractivity (Wildman–Crippen MR) is 46.9 cm³/mol. The van der Waals surface area contributed by atoms with E-state index >= 15 is 0 Å².